The van der Waals surface area contributed by atoms with Gasteiger partial charge in [-0.3, -0.25) is 0 Å². The molecule has 0 fully saturated rings. The first kappa shape index (κ1) is 13.3. The van der Waals surface area contributed by atoms with Gasteiger partial charge in [-0.05, 0) is 26.0 Å². The lowest BCUT2D eigenvalue weighted by molar-refractivity contribution is 0.0737. The Morgan fingerprint density at radius 2 is 1.89 bits per heavy atom. The number of hydrogen-bond donors (Lipinski definition) is 1. The number of benzene rings is 1. The van der Waals surface area contributed by atoms with Crippen LogP contribution in [0, 0.1) is 0 Å². The molecule has 0 saturated heterocycles. The van der Waals surface area contributed by atoms with Crippen molar-refractivity contribution >= 4 is 23.2 Å². The van der Waals surface area contributed by atoms with Gasteiger partial charge in [0, 0.05) is 15.6 Å². The molecule has 0 bridgehead atoms. The molecule has 0 aliphatic rings. The quantitative estimate of drug-likeness (QED) is 0.944. The van der Waals surface area contributed by atoms with Gasteiger partial charge in [0.25, 0.3) is 0 Å². The van der Waals surface area contributed by atoms with Crippen molar-refractivity contribution in [3.05, 3.63) is 45.7 Å². The highest BCUT2D eigenvalue weighted by atomic mass is 35.5. The maximum atomic E-state index is 9.81. The lowest BCUT2D eigenvalue weighted by atomic mass is 10.1. The predicted molar refractivity (Wildman–Crippen MR) is 70.8 cm³/mol. The highest BCUT2D eigenvalue weighted by Crippen LogP contribution is 2.25. The second kappa shape index (κ2) is 4.88. The van der Waals surface area contributed by atoms with Crippen molar-refractivity contribution in [3.63, 3.8) is 0 Å². The number of aliphatic hydroxyl groups is 1. The summed E-state index contributed by atoms with van der Waals surface area (Å²) in [6, 6.07) is 5.34. The zero-order valence-electron chi connectivity index (χ0n) is 10.1. The molecule has 0 amide bonds. The number of aromatic nitrogens is 3. The SMILES string of the molecule is CC(C)(O)c1cn(Cc2c(Cl)cccc2Cl)nn1. The zero-order valence-corrected chi connectivity index (χ0v) is 11.6. The maximum absolute atomic E-state index is 9.81. The minimum absolute atomic E-state index is 0.418. The van der Waals surface area contributed by atoms with Crippen LogP contribution in [-0.2, 0) is 12.1 Å². The summed E-state index contributed by atoms with van der Waals surface area (Å²) in [6.07, 6.45) is 1.68. The van der Waals surface area contributed by atoms with Gasteiger partial charge in [0.05, 0.1) is 12.7 Å². The fourth-order valence-corrected chi connectivity index (χ4v) is 2.02. The van der Waals surface area contributed by atoms with E-state index in [4.69, 9.17) is 23.2 Å². The van der Waals surface area contributed by atoms with Gasteiger partial charge in [-0.25, -0.2) is 4.68 Å². The van der Waals surface area contributed by atoms with Crippen molar-refractivity contribution in [2.75, 3.05) is 0 Å². The van der Waals surface area contributed by atoms with Gasteiger partial charge in [0.1, 0.15) is 11.3 Å². The summed E-state index contributed by atoms with van der Waals surface area (Å²) in [7, 11) is 0. The van der Waals surface area contributed by atoms with Crippen molar-refractivity contribution in [2.45, 2.75) is 26.0 Å². The average molecular weight is 286 g/mol. The molecular formula is C12H13Cl2N3O. The van der Waals surface area contributed by atoms with E-state index in [0.29, 0.717) is 22.3 Å². The van der Waals surface area contributed by atoms with Crippen molar-refractivity contribution in [3.8, 4) is 0 Å². The van der Waals surface area contributed by atoms with Crippen LogP contribution >= 0.6 is 23.2 Å². The molecule has 0 radical (unpaired) electrons. The van der Waals surface area contributed by atoms with Gasteiger partial charge in [-0.1, -0.05) is 34.5 Å². The first-order chi connectivity index (χ1) is 8.38. The van der Waals surface area contributed by atoms with E-state index >= 15 is 0 Å². The second-order valence-electron chi connectivity index (χ2n) is 4.56. The first-order valence-corrected chi connectivity index (χ1v) is 6.19. The van der Waals surface area contributed by atoms with Gasteiger partial charge < -0.3 is 5.11 Å². The van der Waals surface area contributed by atoms with E-state index in [1.54, 1.807) is 42.9 Å². The molecule has 18 heavy (non-hydrogen) atoms. The smallest absolute Gasteiger partial charge is 0.114 e. The molecule has 0 saturated carbocycles. The molecule has 1 aromatic heterocycles. The highest BCUT2D eigenvalue weighted by Gasteiger charge is 2.20. The van der Waals surface area contributed by atoms with Crippen molar-refractivity contribution in [1.29, 1.82) is 0 Å². The normalized spacial score (nSPS) is 11.8. The lowest BCUT2D eigenvalue weighted by Crippen LogP contribution is -2.15. The summed E-state index contributed by atoms with van der Waals surface area (Å²) >= 11 is 12.2. The molecule has 0 atom stereocenters. The third kappa shape index (κ3) is 2.83. The number of halogens is 2. The molecule has 0 spiro atoms. The summed E-state index contributed by atoms with van der Waals surface area (Å²) in [5.41, 5.74) is 0.279. The minimum atomic E-state index is -1.01. The monoisotopic (exact) mass is 285 g/mol. The van der Waals surface area contributed by atoms with Crippen LogP contribution in [0.2, 0.25) is 10.0 Å². The van der Waals surface area contributed by atoms with Crippen LogP contribution < -0.4 is 0 Å². The molecule has 0 aliphatic heterocycles. The zero-order chi connectivity index (χ0) is 13.3. The van der Waals surface area contributed by atoms with Crippen LogP contribution in [-0.4, -0.2) is 20.1 Å². The molecule has 6 heteroatoms. The Morgan fingerprint density at radius 1 is 1.28 bits per heavy atom. The molecule has 1 heterocycles. The summed E-state index contributed by atoms with van der Waals surface area (Å²) < 4.78 is 1.60. The largest absolute Gasteiger partial charge is 0.384 e. The topological polar surface area (TPSA) is 50.9 Å². The Kier molecular flexibility index (Phi) is 3.61. The third-order valence-corrected chi connectivity index (χ3v) is 3.26. The molecule has 1 N–H and O–H groups in total. The fraction of sp³-hybridized carbons (Fsp3) is 0.333. The number of hydrogen-bond acceptors (Lipinski definition) is 3. The van der Waals surface area contributed by atoms with Crippen LogP contribution in [0.4, 0.5) is 0 Å². The van der Waals surface area contributed by atoms with Crippen molar-refractivity contribution in [2.24, 2.45) is 0 Å². The summed E-state index contributed by atoms with van der Waals surface area (Å²) in [5.74, 6) is 0. The van der Waals surface area contributed by atoms with E-state index < -0.39 is 5.60 Å². The Labute approximate surface area is 115 Å². The van der Waals surface area contributed by atoms with Crippen LogP contribution in [0.1, 0.15) is 25.1 Å². The standard InChI is InChI=1S/C12H13Cl2N3O/c1-12(2,18)11-7-17(16-15-11)6-8-9(13)4-3-5-10(8)14/h3-5,7,18H,6H2,1-2H3. The van der Waals surface area contributed by atoms with E-state index in [1.165, 1.54) is 0 Å². The molecule has 0 unspecified atom stereocenters. The molecule has 96 valence electrons. The molecule has 0 aliphatic carbocycles. The van der Waals surface area contributed by atoms with Crippen LogP contribution in [0.15, 0.2) is 24.4 Å². The molecule has 4 nitrogen and oxygen atoms in total. The van der Waals surface area contributed by atoms with Gasteiger partial charge in [0.15, 0.2) is 0 Å². The minimum Gasteiger partial charge on any atom is -0.384 e. The van der Waals surface area contributed by atoms with Crippen LogP contribution in [0.5, 0.6) is 0 Å². The Hall–Kier alpha value is -1.10. The fourth-order valence-electron chi connectivity index (χ4n) is 1.50. The Bertz CT molecular complexity index is 540. The van der Waals surface area contributed by atoms with Crippen molar-refractivity contribution < 1.29 is 5.11 Å². The lowest BCUT2D eigenvalue weighted by Gasteiger charge is -2.12. The summed E-state index contributed by atoms with van der Waals surface area (Å²) in [5, 5.41) is 18.9. The van der Waals surface area contributed by atoms with Crippen molar-refractivity contribution in [1.82, 2.24) is 15.0 Å². The molecule has 2 aromatic rings. The number of nitrogens with zero attached hydrogens (tertiary/aromatic N) is 3. The summed E-state index contributed by atoms with van der Waals surface area (Å²) in [4.78, 5) is 0. The number of rotatable bonds is 3. The maximum Gasteiger partial charge on any atom is 0.114 e. The van der Waals surface area contributed by atoms with Crippen LogP contribution in [0.3, 0.4) is 0 Å². The van der Waals surface area contributed by atoms with E-state index in [-0.39, 0.29) is 0 Å². The van der Waals surface area contributed by atoms with Gasteiger partial charge in [-0.2, -0.15) is 0 Å². The highest BCUT2D eigenvalue weighted by molar-refractivity contribution is 6.35. The van der Waals surface area contributed by atoms with Crippen LogP contribution in [0.25, 0.3) is 0 Å². The van der Waals surface area contributed by atoms with E-state index in [2.05, 4.69) is 10.3 Å². The third-order valence-electron chi connectivity index (χ3n) is 2.55. The van der Waals surface area contributed by atoms with E-state index in [9.17, 15) is 5.11 Å². The predicted octanol–water partition coefficient (Wildman–Crippen LogP) is 2.86. The molecule has 2 rings (SSSR count). The van der Waals surface area contributed by atoms with Gasteiger partial charge in [-0.15, -0.1) is 5.10 Å². The first-order valence-electron chi connectivity index (χ1n) is 5.44. The van der Waals surface area contributed by atoms with E-state index in [1.807, 2.05) is 0 Å². The second-order valence-corrected chi connectivity index (χ2v) is 5.37. The molecule has 1 aromatic carbocycles. The van der Waals surface area contributed by atoms with E-state index in [0.717, 1.165) is 5.56 Å². The average Bonchev–Trinajstić information content (AvgIpc) is 2.72. The van der Waals surface area contributed by atoms with Gasteiger partial charge in [0.2, 0.25) is 0 Å². The molecular weight excluding hydrogens is 273 g/mol. The Morgan fingerprint density at radius 3 is 2.39 bits per heavy atom. The van der Waals surface area contributed by atoms with Gasteiger partial charge >= 0.3 is 0 Å². The Balaban J connectivity index is 2.27. The summed E-state index contributed by atoms with van der Waals surface area (Å²) in [6.45, 7) is 3.73.